The van der Waals surface area contributed by atoms with Gasteiger partial charge in [0, 0.05) is 26.2 Å². The zero-order valence-corrected chi connectivity index (χ0v) is 11.4. The Hall–Kier alpha value is -0.580. The second kappa shape index (κ2) is 5.85. The summed E-state index contributed by atoms with van der Waals surface area (Å²) in [6.45, 7) is 10.3. The number of hydrogen-bond donors (Lipinski definition) is 1. The minimum atomic E-state index is 0.837. The summed E-state index contributed by atoms with van der Waals surface area (Å²) in [5.41, 5.74) is 2.10. The fraction of sp³-hybridized carbons (Fsp3) is 0.750. The quantitative estimate of drug-likeness (QED) is 0.893. The molecule has 1 aliphatic heterocycles. The minimum absolute atomic E-state index is 0.837. The Kier molecular flexibility index (Phi) is 4.42. The summed E-state index contributed by atoms with van der Waals surface area (Å²) in [5.74, 6) is 0. The van der Waals surface area contributed by atoms with E-state index in [1.165, 1.54) is 6.42 Å². The molecule has 1 aromatic rings. The Labute approximate surface area is 108 Å². The van der Waals surface area contributed by atoms with Crippen molar-refractivity contribution >= 4 is 11.6 Å². The fourth-order valence-electron chi connectivity index (χ4n) is 2.29. The van der Waals surface area contributed by atoms with Crippen molar-refractivity contribution in [2.45, 2.75) is 33.4 Å². The van der Waals surface area contributed by atoms with E-state index in [0.717, 1.165) is 55.7 Å². The predicted octanol–water partition coefficient (Wildman–Crippen LogP) is 1.66. The van der Waals surface area contributed by atoms with Crippen LogP contribution < -0.4 is 5.32 Å². The Morgan fingerprint density at radius 1 is 1.35 bits per heavy atom. The summed E-state index contributed by atoms with van der Waals surface area (Å²) < 4.78 is 2.02. The molecule has 0 atom stereocenters. The molecule has 0 spiro atoms. The summed E-state index contributed by atoms with van der Waals surface area (Å²) in [5, 5.41) is 8.71. The molecule has 17 heavy (non-hydrogen) atoms. The van der Waals surface area contributed by atoms with E-state index < -0.39 is 0 Å². The van der Waals surface area contributed by atoms with Crippen LogP contribution in [0.4, 0.5) is 0 Å². The van der Waals surface area contributed by atoms with E-state index in [2.05, 4.69) is 22.2 Å². The molecule has 5 heteroatoms. The summed E-state index contributed by atoms with van der Waals surface area (Å²) in [6.07, 6.45) is 1.21. The Bertz CT molecular complexity index is 367. The summed E-state index contributed by atoms with van der Waals surface area (Å²) >= 11 is 6.33. The normalized spacial score (nSPS) is 18.3. The third-order valence-corrected chi connectivity index (χ3v) is 3.75. The first-order valence-electron chi connectivity index (χ1n) is 6.37. The van der Waals surface area contributed by atoms with Crippen LogP contribution in [-0.4, -0.2) is 40.9 Å². The lowest BCUT2D eigenvalue weighted by Crippen LogP contribution is -2.28. The van der Waals surface area contributed by atoms with Crippen molar-refractivity contribution in [2.24, 2.45) is 0 Å². The van der Waals surface area contributed by atoms with E-state index in [0.29, 0.717) is 0 Å². The Morgan fingerprint density at radius 3 is 2.94 bits per heavy atom. The number of hydrogen-bond acceptors (Lipinski definition) is 3. The van der Waals surface area contributed by atoms with Gasteiger partial charge in [-0.3, -0.25) is 9.58 Å². The zero-order chi connectivity index (χ0) is 12.3. The van der Waals surface area contributed by atoms with Crippen molar-refractivity contribution in [3.63, 3.8) is 0 Å². The SMILES string of the molecule is CCn1nc(C)c(Cl)c1CN1CCCNCC1. The number of aromatic nitrogens is 2. The Balaban J connectivity index is 2.11. The first-order chi connectivity index (χ1) is 8.22. The van der Waals surface area contributed by atoms with Crippen molar-refractivity contribution in [3.8, 4) is 0 Å². The lowest BCUT2D eigenvalue weighted by atomic mass is 10.3. The van der Waals surface area contributed by atoms with Crippen LogP contribution in [0.5, 0.6) is 0 Å². The number of nitrogens with zero attached hydrogens (tertiary/aromatic N) is 3. The highest BCUT2D eigenvalue weighted by atomic mass is 35.5. The predicted molar refractivity (Wildman–Crippen MR) is 70.4 cm³/mol. The molecule has 1 aromatic heterocycles. The number of halogens is 1. The second-order valence-corrected chi connectivity index (χ2v) is 4.92. The third-order valence-electron chi connectivity index (χ3n) is 3.26. The molecule has 0 aliphatic carbocycles. The molecule has 1 saturated heterocycles. The van der Waals surface area contributed by atoms with E-state index in [1.807, 2.05) is 11.6 Å². The van der Waals surface area contributed by atoms with Gasteiger partial charge < -0.3 is 5.32 Å². The molecule has 0 unspecified atom stereocenters. The molecule has 0 saturated carbocycles. The summed E-state index contributed by atoms with van der Waals surface area (Å²) in [7, 11) is 0. The number of aryl methyl sites for hydroxylation is 2. The van der Waals surface area contributed by atoms with Crippen LogP contribution in [0.3, 0.4) is 0 Å². The molecular weight excluding hydrogens is 236 g/mol. The molecular formula is C12H21ClN4. The average molecular weight is 257 g/mol. The van der Waals surface area contributed by atoms with Crippen molar-refractivity contribution in [1.29, 1.82) is 0 Å². The van der Waals surface area contributed by atoms with Crippen LogP contribution in [0.2, 0.25) is 5.02 Å². The van der Waals surface area contributed by atoms with Crippen LogP contribution >= 0.6 is 11.6 Å². The smallest absolute Gasteiger partial charge is 0.0860 e. The van der Waals surface area contributed by atoms with Gasteiger partial charge in [0.25, 0.3) is 0 Å². The first kappa shape index (κ1) is 12.9. The first-order valence-corrected chi connectivity index (χ1v) is 6.75. The maximum atomic E-state index is 6.33. The van der Waals surface area contributed by atoms with Crippen LogP contribution in [0.25, 0.3) is 0 Å². The van der Waals surface area contributed by atoms with Gasteiger partial charge in [-0.1, -0.05) is 11.6 Å². The molecule has 1 aliphatic rings. The van der Waals surface area contributed by atoms with Crippen LogP contribution in [0.1, 0.15) is 24.7 Å². The maximum absolute atomic E-state index is 6.33. The van der Waals surface area contributed by atoms with Crippen LogP contribution in [0.15, 0.2) is 0 Å². The molecule has 0 amide bonds. The van der Waals surface area contributed by atoms with Crippen molar-refractivity contribution in [1.82, 2.24) is 20.0 Å². The van der Waals surface area contributed by atoms with Gasteiger partial charge in [-0.15, -0.1) is 0 Å². The van der Waals surface area contributed by atoms with Gasteiger partial charge in [0.2, 0.25) is 0 Å². The van der Waals surface area contributed by atoms with Gasteiger partial charge in [-0.25, -0.2) is 0 Å². The number of rotatable bonds is 3. The molecule has 2 heterocycles. The van der Waals surface area contributed by atoms with E-state index in [4.69, 9.17) is 11.6 Å². The fourth-order valence-corrected chi connectivity index (χ4v) is 2.49. The molecule has 1 N–H and O–H groups in total. The van der Waals surface area contributed by atoms with Crippen molar-refractivity contribution < 1.29 is 0 Å². The molecule has 4 nitrogen and oxygen atoms in total. The van der Waals surface area contributed by atoms with E-state index >= 15 is 0 Å². The lowest BCUT2D eigenvalue weighted by molar-refractivity contribution is 0.275. The van der Waals surface area contributed by atoms with Gasteiger partial charge in [0.15, 0.2) is 0 Å². The molecule has 2 rings (SSSR count). The van der Waals surface area contributed by atoms with Gasteiger partial charge in [-0.05, 0) is 33.4 Å². The van der Waals surface area contributed by atoms with Gasteiger partial charge in [-0.2, -0.15) is 5.10 Å². The average Bonchev–Trinajstić information content (AvgIpc) is 2.54. The van der Waals surface area contributed by atoms with Crippen molar-refractivity contribution in [2.75, 3.05) is 26.2 Å². The second-order valence-electron chi connectivity index (χ2n) is 4.54. The molecule has 96 valence electrons. The van der Waals surface area contributed by atoms with Gasteiger partial charge in [0.05, 0.1) is 16.4 Å². The van der Waals surface area contributed by atoms with Gasteiger partial charge >= 0.3 is 0 Å². The third kappa shape index (κ3) is 3.00. The Morgan fingerprint density at radius 2 is 2.18 bits per heavy atom. The van der Waals surface area contributed by atoms with E-state index in [9.17, 15) is 0 Å². The van der Waals surface area contributed by atoms with E-state index in [1.54, 1.807) is 0 Å². The maximum Gasteiger partial charge on any atom is 0.0860 e. The molecule has 1 fully saturated rings. The number of nitrogens with one attached hydrogen (secondary N) is 1. The molecule has 0 aromatic carbocycles. The zero-order valence-electron chi connectivity index (χ0n) is 10.7. The van der Waals surface area contributed by atoms with Crippen LogP contribution in [0, 0.1) is 6.92 Å². The topological polar surface area (TPSA) is 33.1 Å². The highest BCUT2D eigenvalue weighted by Crippen LogP contribution is 2.21. The van der Waals surface area contributed by atoms with Crippen LogP contribution in [-0.2, 0) is 13.1 Å². The molecule has 0 radical (unpaired) electrons. The van der Waals surface area contributed by atoms with Crippen molar-refractivity contribution in [3.05, 3.63) is 16.4 Å². The lowest BCUT2D eigenvalue weighted by Gasteiger charge is -2.20. The standard InChI is InChI=1S/C12H21ClN4/c1-3-17-11(12(13)10(2)15-17)9-16-7-4-5-14-6-8-16/h14H,3-9H2,1-2H3. The monoisotopic (exact) mass is 256 g/mol. The largest absolute Gasteiger partial charge is 0.315 e. The molecule has 0 bridgehead atoms. The minimum Gasteiger partial charge on any atom is -0.315 e. The van der Waals surface area contributed by atoms with E-state index in [-0.39, 0.29) is 0 Å². The van der Waals surface area contributed by atoms with Gasteiger partial charge in [0.1, 0.15) is 0 Å². The summed E-state index contributed by atoms with van der Waals surface area (Å²) in [4.78, 5) is 2.45. The summed E-state index contributed by atoms with van der Waals surface area (Å²) in [6, 6.07) is 0. The highest BCUT2D eigenvalue weighted by molar-refractivity contribution is 6.31. The highest BCUT2D eigenvalue weighted by Gasteiger charge is 2.16.